The van der Waals surface area contributed by atoms with Gasteiger partial charge in [-0.2, -0.15) is 4.31 Å². The molecule has 2 amide bonds. The van der Waals surface area contributed by atoms with Gasteiger partial charge >= 0.3 is 0 Å². The lowest BCUT2D eigenvalue weighted by Gasteiger charge is -2.34. The number of piperazine rings is 1. The number of non-ortho nitro benzene ring substituents is 1. The molecule has 2 heterocycles. The van der Waals surface area contributed by atoms with Gasteiger partial charge < -0.3 is 20.1 Å². The number of amides is 2. The number of hydrogen-bond donors (Lipinski definition) is 1. The van der Waals surface area contributed by atoms with E-state index >= 15 is 0 Å². The number of nitro groups is 1. The van der Waals surface area contributed by atoms with Crippen molar-refractivity contribution in [1.82, 2.24) is 13.8 Å². The van der Waals surface area contributed by atoms with Gasteiger partial charge in [0.1, 0.15) is 10.6 Å². The zero-order chi connectivity index (χ0) is 23.8. The lowest BCUT2D eigenvalue weighted by atomic mass is 10.1. The van der Waals surface area contributed by atoms with Crippen LogP contribution in [-0.2, 0) is 17.1 Å². The third kappa shape index (κ3) is 4.29. The summed E-state index contributed by atoms with van der Waals surface area (Å²) in [6.07, 6.45) is 1.32. The molecular weight excluding hydrogens is 440 g/mol. The van der Waals surface area contributed by atoms with Gasteiger partial charge in [0.2, 0.25) is 10.0 Å². The van der Waals surface area contributed by atoms with E-state index in [1.54, 1.807) is 19.0 Å². The molecular formula is C19H24N6O6S. The van der Waals surface area contributed by atoms with E-state index in [2.05, 4.69) is 0 Å². The molecule has 32 heavy (non-hydrogen) atoms. The maximum absolute atomic E-state index is 13.1. The lowest BCUT2D eigenvalue weighted by molar-refractivity contribution is -0.384. The van der Waals surface area contributed by atoms with Crippen LogP contribution in [0.25, 0.3) is 0 Å². The van der Waals surface area contributed by atoms with E-state index in [1.165, 1.54) is 51.3 Å². The van der Waals surface area contributed by atoms with Crippen LogP contribution in [0, 0.1) is 10.1 Å². The molecule has 0 saturated carbocycles. The third-order valence-electron chi connectivity index (χ3n) is 5.30. The van der Waals surface area contributed by atoms with E-state index < -0.39 is 26.8 Å². The number of carbonyl (C=O) groups excluding carboxylic acids is 2. The van der Waals surface area contributed by atoms with Crippen molar-refractivity contribution in [2.45, 2.75) is 4.90 Å². The lowest BCUT2D eigenvalue weighted by Crippen LogP contribution is -2.50. The molecule has 0 bridgehead atoms. The number of aromatic nitrogens is 1. The van der Waals surface area contributed by atoms with E-state index in [-0.39, 0.29) is 48.0 Å². The molecule has 0 spiro atoms. The Balaban J connectivity index is 1.79. The van der Waals surface area contributed by atoms with Gasteiger partial charge in [-0.05, 0) is 12.1 Å². The van der Waals surface area contributed by atoms with Crippen molar-refractivity contribution in [3.05, 3.63) is 51.8 Å². The van der Waals surface area contributed by atoms with Gasteiger partial charge in [-0.1, -0.05) is 0 Å². The van der Waals surface area contributed by atoms with Gasteiger partial charge in [-0.3, -0.25) is 19.7 Å². The van der Waals surface area contributed by atoms with Crippen molar-refractivity contribution < 1.29 is 22.9 Å². The fraction of sp³-hybridized carbons (Fsp3) is 0.368. The summed E-state index contributed by atoms with van der Waals surface area (Å²) in [6, 6.07) is 5.30. The van der Waals surface area contributed by atoms with E-state index in [0.717, 1.165) is 0 Å². The first-order valence-electron chi connectivity index (χ1n) is 9.65. The van der Waals surface area contributed by atoms with Gasteiger partial charge in [0, 0.05) is 71.3 Å². The standard InChI is InChI=1S/C19H24N6O6S/c1-21(2)16-5-4-13(25(28)29)10-15(16)19(27)23-6-8-24(9-7-23)32(30,31)14-11-17(18(20)26)22(3)12-14/h4-5,10-12H,6-9H2,1-3H3,(H2,20,26). The first kappa shape index (κ1) is 23.2. The molecule has 1 fully saturated rings. The molecule has 172 valence electrons. The van der Waals surface area contributed by atoms with Crippen molar-refractivity contribution in [1.29, 1.82) is 0 Å². The molecule has 1 saturated heterocycles. The molecule has 1 aliphatic rings. The molecule has 0 atom stereocenters. The van der Waals surface area contributed by atoms with Crippen molar-refractivity contribution in [2.75, 3.05) is 45.2 Å². The number of rotatable bonds is 6. The first-order valence-corrected chi connectivity index (χ1v) is 11.1. The van der Waals surface area contributed by atoms with E-state index in [0.29, 0.717) is 5.69 Å². The Labute approximate surface area is 185 Å². The number of aryl methyl sites for hydroxylation is 1. The van der Waals surface area contributed by atoms with Gasteiger partial charge in [0.05, 0.1) is 10.5 Å². The summed E-state index contributed by atoms with van der Waals surface area (Å²) in [5.74, 6) is -1.15. The number of nitro benzene ring substituents is 1. The summed E-state index contributed by atoms with van der Waals surface area (Å²) >= 11 is 0. The number of hydrogen-bond acceptors (Lipinski definition) is 7. The Morgan fingerprint density at radius 1 is 1.12 bits per heavy atom. The van der Waals surface area contributed by atoms with Gasteiger partial charge in [-0.25, -0.2) is 8.42 Å². The summed E-state index contributed by atoms with van der Waals surface area (Å²) < 4.78 is 28.5. The van der Waals surface area contributed by atoms with Crippen LogP contribution in [0.1, 0.15) is 20.8 Å². The molecule has 0 radical (unpaired) electrons. The first-order chi connectivity index (χ1) is 14.9. The quantitative estimate of drug-likeness (QED) is 0.475. The monoisotopic (exact) mass is 464 g/mol. The molecule has 0 unspecified atom stereocenters. The van der Waals surface area contributed by atoms with Crippen molar-refractivity contribution >= 4 is 33.2 Å². The van der Waals surface area contributed by atoms with Crippen LogP contribution in [0.5, 0.6) is 0 Å². The predicted octanol–water partition coefficient (Wildman–Crippen LogP) is 0.245. The van der Waals surface area contributed by atoms with Crippen LogP contribution >= 0.6 is 0 Å². The zero-order valence-corrected chi connectivity index (χ0v) is 18.7. The fourth-order valence-electron chi connectivity index (χ4n) is 3.57. The second-order valence-electron chi connectivity index (χ2n) is 7.59. The minimum atomic E-state index is -3.88. The summed E-state index contributed by atoms with van der Waals surface area (Å²) in [5.41, 5.74) is 5.83. The SMILES string of the molecule is CN(C)c1ccc([N+](=O)[O-])cc1C(=O)N1CCN(S(=O)(=O)c2cc(C(N)=O)n(C)c2)CC1. The highest BCUT2D eigenvalue weighted by Gasteiger charge is 2.33. The number of benzene rings is 1. The summed E-state index contributed by atoms with van der Waals surface area (Å²) in [4.78, 5) is 38.2. The normalized spacial score (nSPS) is 14.9. The molecule has 2 N–H and O–H groups in total. The number of nitrogens with two attached hydrogens (primary N) is 1. The fourth-order valence-corrected chi connectivity index (χ4v) is 5.06. The number of sulfonamides is 1. The minimum absolute atomic E-state index is 0.0428. The Morgan fingerprint density at radius 2 is 1.75 bits per heavy atom. The van der Waals surface area contributed by atoms with E-state index in [9.17, 15) is 28.1 Å². The van der Waals surface area contributed by atoms with E-state index in [4.69, 9.17) is 5.73 Å². The second-order valence-corrected chi connectivity index (χ2v) is 9.52. The van der Waals surface area contributed by atoms with Gasteiger partial charge in [-0.15, -0.1) is 0 Å². The summed E-state index contributed by atoms with van der Waals surface area (Å²) in [7, 11) is 1.09. The van der Waals surface area contributed by atoms with Crippen LogP contribution in [0.2, 0.25) is 0 Å². The minimum Gasteiger partial charge on any atom is -0.377 e. The highest BCUT2D eigenvalue weighted by molar-refractivity contribution is 7.89. The second kappa shape index (κ2) is 8.59. The zero-order valence-electron chi connectivity index (χ0n) is 17.9. The average Bonchev–Trinajstić information content (AvgIpc) is 3.15. The van der Waals surface area contributed by atoms with Crippen molar-refractivity contribution in [3.63, 3.8) is 0 Å². The molecule has 0 aliphatic carbocycles. The smallest absolute Gasteiger partial charge is 0.270 e. The number of primary amides is 1. The maximum Gasteiger partial charge on any atom is 0.270 e. The Bertz CT molecular complexity index is 1180. The molecule has 3 rings (SSSR count). The Hall–Kier alpha value is -3.45. The summed E-state index contributed by atoms with van der Waals surface area (Å²) in [6.45, 7) is 0.314. The topological polar surface area (TPSA) is 152 Å². The number of anilines is 1. The van der Waals surface area contributed by atoms with Crippen LogP contribution in [0.4, 0.5) is 11.4 Å². The molecule has 1 aliphatic heterocycles. The van der Waals surface area contributed by atoms with Crippen molar-refractivity contribution in [2.24, 2.45) is 12.8 Å². The maximum atomic E-state index is 13.1. The highest BCUT2D eigenvalue weighted by Crippen LogP contribution is 2.27. The average molecular weight is 465 g/mol. The molecule has 12 nitrogen and oxygen atoms in total. The van der Waals surface area contributed by atoms with Crippen LogP contribution in [0.3, 0.4) is 0 Å². The summed E-state index contributed by atoms with van der Waals surface area (Å²) in [5, 5.41) is 11.2. The van der Waals surface area contributed by atoms with Gasteiger partial charge in [0.15, 0.2) is 0 Å². The van der Waals surface area contributed by atoms with Crippen LogP contribution in [-0.4, -0.2) is 79.2 Å². The van der Waals surface area contributed by atoms with Gasteiger partial charge in [0.25, 0.3) is 17.5 Å². The number of nitrogens with zero attached hydrogens (tertiary/aromatic N) is 5. The van der Waals surface area contributed by atoms with Crippen molar-refractivity contribution in [3.8, 4) is 0 Å². The Morgan fingerprint density at radius 3 is 2.25 bits per heavy atom. The predicted molar refractivity (Wildman–Crippen MR) is 116 cm³/mol. The largest absolute Gasteiger partial charge is 0.377 e. The molecule has 1 aromatic carbocycles. The molecule has 13 heteroatoms. The highest BCUT2D eigenvalue weighted by atomic mass is 32.2. The molecule has 1 aromatic heterocycles. The number of carbonyl (C=O) groups is 2. The van der Waals surface area contributed by atoms with Crippen LogP contribution in [0.15, 0.2) is 35.4 Å². The molecule has 2 aromatic rings. The third-order valence-corrected chi connectivity index (χ3v) is 7.16. The Kier molecular flexibility index (Phi) is 6.23. The van der Waals surface area contributed by atoms with Crippen LogP contribution < -0.4 is 10.6 Å². The van der Waals surface area contributed by atoms with E-state index in [1.807, 2.05) is 0 Å².